The third-order valence-electron chi connectivity index (χ3n) is 4.69. The molecule has 1 aromatic heterocycles. The Balaban J connectivity index is 2.03. The van der Waals surface area contributed by atoms with Crippen LogP contribution in [0.3, 0.4) is 0 Å². The number of para-hydroxylation sites is 1. The highest BCUT2D eigenvalue weighted by Crippen LogP contribution is 2.32. The zero-order valence-electron chi connectivity index (χ0n) is 16.6. The number of nitrogens with zero attached hydrogens (tertiary/aromatic N) is 1. The van der Waals surface area contributed by atoms with Gasteiger partial charge in [0.05, 0.1) is 0 Å². The number of amides is 2. The van der Waals surface area contributed by atoms with E-state index in [1.165, 1.54) is 0 Å². The number of hydrogen-bond acceptors (Lipinski definition) is 3. The molecular formula is C23H26N2O3. The molecule has 0 aliphatic carbocycles. The fourth-order valence-corrected chi connectivity index (χ4v) is 3.33. The molecule has 0 atom stereocenters. The number of nitrogens with one attached hydrogen (secondary N) is 1. The van der Waals surface area contributed by atoms with Gasteiger partial charge in [-0.1, -0.05) is 44.2 Å². The van der Waals surface area contributed by atoms with Crippen molar-refractivity contribution in [1.82, 2.24) is 4.90 Å². The molecule has 0 aliphatic rings. The summed E-state index contributed by atoms with van der Waals surface area (Å²) in [6.45, 7) is 7.26. The minimum Gasteiger partial charge on any atom is -0.449 e. The summed E-state index contributed by atoms with van der Waals surface area (Å²) in [4.78, 5) is 27.9. The lowest BCUT2D eigenvalue weighted by Crippen LogP contribution is -2.32. The summed E-state index contributed by atoms with van der Waals surface area (Å²) >= 11 is 0. The second kappa shape index (κ2) is 8.74. The Hall–Kier alpha value is -3.08. The standard InChI is InChI=1S/C23H26N2O3/c1-4-14-25(15-5-2)23(27)21-20(18-12-8-9-13-19(18)28-21)24-22(26)17-11-7-6-10-16(17)3/h6-13H,4-5,14-15H2,1-3H3,(H,24,26). The van der Waals surface area contributed by atoms with Gasteiger partial charge in [0.15, 0.2) is 0 Å². The zero-order valence-corrected chi connectivity index (χ0v) is 16.6. The first-order valence-electron chi connectivity index (χ1n) is 9.74. The van der Waals surface area contributed by atoms with E-state index in [9.17, 15) is 9.59 Å². The third-order valence-corrected chi connectivity index (χ3v) is 4.69. The Labute approximate surface area is 165 Å². The number of aryl methyl sites for hydroxylation is 1. The summed E-state index contributed by atoms with van der Waals surface area (Å²) < 4.78 is 5.90. The van der Waals surface area contributed by atoms with Crippen LogP contribution in [0, 0.1) is 6.92 Å². The molecule has 0 bridgehead atoms. The smallest absolute Gasteiger partial charge is 0.291 e. The lowest BCUT2D eigenvalue weighted by molar-refractivity contribution is 0.0727. The summed E-state index contributed by atoms with van der Waals surface area (Å²) in [5.74, 6) is -0.263. The minimum absolute atomic E-state index is 0.185. The molecule has 0 saturated carbocycles. The molecule has 3 aromatic rings. The molecule has 146 valence electrons. The molecule has 5 heteroatoms. The summed E-state index contributed by atoms with van der Waals surface area (Å²) in [5, 5.41) is 3.65. The molecule has 0 unspecified atom stereocenters. The van der Waals surface area contributed by atoms with E-state index in [1.807, 2.05) is 57.2 Å². The Kier molecular flexibility index (Phi) is 6.14. The summed E-state index contributed by atoms with van der Waals surface area (Å²) in [5.41, 5.74) is 2.47. The SMILES string of the molecule is CCCN(CCC)C(=O)c1oc2ccccc2c1NC(=O)c1ccccc1C. The molecule has 2 aromatic carbocycles. The molecular weight excluding hydrogens is 352 g/mol. The van der Waals surface area contributed by atoms with Crippen molar-refractivity contribution in [2.24, 2.45) is 0 Å². The van der Waals surface area contributed by atoms with Crippen LogP contribution in [-0.2, 0) is 0 Å². The number of anilines is 1. The van der Waals surface area contributed by atoms with E-state index in [0.29, 0.717) is 29.9 Å². The van der Waals surface area contributed by atoms with Gasteiger partial charge in [0, 0.05) is 24.0 Å². The zero-order chi connectivity index (χ0) is 20.1. The van der Waals surface area contributed by atoms with Crippen LogP contribution in [0.4, 0.5) is 5.69 Å². The highest BCUT2D eigenvalue weighted by atomic mass is 16.3. The van der Waals surface area contributed by atoms with E-state index in [2.05, 4.69) is 5.32 Å². The molecule has 0 spiro atoms. The molecule has 28 heavy (non-hydrogen) atoms. The van der Waals surface area contributed by atoms with Crippen LogP contribution in [0.15, 0.2) is 52.9 Å². The molecule has 0 saturated heterocycles. The lowest BCUT2D eigenvalue weighted by atomic mass is 10.1. The van der Waals surface area contributed by atoms with Crippen LogP contribution in [0.5, 0.6) is 0 Å². The van der Waals surface area contributed by atoms with Crippen LogP contribution >= 0.6 is 0 Å². The van der Waals surface area contributed by atoms with Gasteiger partial charge in [0.2, 0.25) is 5.76 Å². The van der Waals surface area contributed by atoms with E-state index in [0.717, 1.165) is 23.8 Å². The molecule has 3 rings (SSSR count). The normalized spacial score (nSPS) is 10.8. The number of carbonyl (C=O) groups excluding carboxylic acids is 2. The van der Waals surface area contributed by atoms with Crippen LogP contribution < -0.4 is 5.32 Å². The Morgan fingerprint density at radius 1 is 0.964 bits per heavy atom. The van der Waals surface area contributed by atoms with Crippen molar-refractivity contribution in [2.45, 2.75) is 33.6 Å². The molecule has 5 nitrogen and oxygen atoms in total. The first-order chi connectivity index (χ1) is 13.6. The Morgan fingerprint density at radius 3 is 2.29 bits per heavy atom. The van der Waals surface area contributed by atoms with Gasteiger partial charge in [-0.25, -0.2) is 0 Å². The number of hydrogen-bond donors (Lipinski definition) is 1. The van der Waals surface area contributed by atoms with Crippen molar-refractivity contribution in [3.63, 3.8) is 0 Å². The predicted octanol–water partition coefficient (Wildman–Crippen LogP) is 5.26. The van der Waals surface area contributed by atoms with Crippen LogP contribution in [-0.4, -0.2) is 29.8 Å². The predicted molar refractivity (Wildman–Crippen MR) is 112 cm³/mol. The molecule has 2 amide bonds. The van der Waals surface area contributed by atoms with Crippen LogP contribution in [0.25, 0.3) is 11.0 Å². The van der Waals surface area contributed by atoms with Crippen molar-refractivity contribution in [3.8, 4) is 0 Å². The van der Waals surface area contributed by atoms with Crippen LogP contribution in [0.1, 0.15) is 53.2 Å². The maximum atomic E-state index is 13.2. The Bertz CT molecular complexity index is 984. The van der Waals surface area contributed by atoms with Crippen molar-refractivity contribution >= 4 is 28.5 Å². The average molecular weight is 378 g/mol. The highest BCUT2D eigenvalue weighted by Gasteiger charge is 2.26. The first kappa shape index (κ1) is 19.7. The maximum Gasteiger partial charge on any atom is 0.291 e. The molecule has 0 radical (unpaired) electrons. The fourth-order valence-electron chi connectivity index (χ4n) is 3.33. The molecule has 1 N–H and O–H groups in total. The quantitative estimate of drug-likeness (QED) is 0.610. The van der Waals surface area contributed by atoms with Gasteiger partial charge in [0.25, 0.3) is 11.8 Å². The van der Waals surface area contributed by atoms with Gasteiger partial charge in [0.1, 0.15) is 11.3 Å². The fraction of sp³-hybridized carbons (Fsp3) is 0.304. The molecule has 1 heterocycles. The maximum absolute atomic E-state index is 13.2. The van der Waals surface area contributed by atoms with Crippen molar-refractivity contribution in [1.29, 1.82) is 0 Å². The van der Waals surface area contributed by atoms with E-state index in [1.54, 1.807) is 17.0 Å². The van der Waals surface area contributed by atoms with Crippen molar-refractivity contribution < 1.29 is 14.0 Å². The van der Waals surface area contributed by atoms with Crippen LogP contribution in [0.2, 0.25) is 0 Å². The van der Waals surface area contributed by atoms with Gasteiger partial charge >= 0.3 is 0 Å². The van der Waals surface area contributed by atoms with E-state index in [-0.39, 0.29) is 17.6 Å². The van der Waals surface area contributed by atoms with E-state index >= 15 is 0 Å². The Morgan fingerprint density at radius 2 is 1.61 bits per heavy atom. The second-order valence-electron chi connectivity index (χ2n) is 6.86. The summed E-state index contributed by atoms with van der Waals surface area (Å²) in [7, 11) is 0. The van der Waals surface area contributed by atoms with Gasteiger partial charge in [-0.05, 0) is 43.5 Å². The topological polar surface area (TPSA) is 62.6 Å². The number of furan rings is 1. The lowest BCUT2D eigenvalue weighted by Gasteiger charge is -2.20. The van der Waals surface area contributed by atoms with Crippen molar-refractivity contribution in [3.05, 3.63) is 65.4 Å². The average Bonchev–Trinajstić information content (AvgIpc) is 3.06. The number of carbonyl (C=O) groups is 2. The van der Waals surface area contributed by atoms with Gasteiger partial charge in [-0.2, -0.15) is 0 Å². The molecule has 0 fully saturated rings. The van der Waals surface area contributed by atoms with E-state index < -0.39 is 0 Å². The summed E-state index contributed by atoms with van der Waals surface area (Å²) in [6.07, 6.45) is 1.72. The third kappa shape index (κ3) is 3.93. The first-order valence-corrected chi connectivity index (χ1v) is 9.74. The highest BCUT2D eigenvalue weighted by molar-refractivity contribution is 6.14. The number of benzene rings is 2. The van der Waals surface area contributed by atoms with Crippen molar-refractivity contribution in [2.75, 3.05) is 18.4 Å². The van der Waals surface area contributed by atoms with E-state index in [4.69, 9.17) is 4.42 Å². The van der Waals surface area contributed by atoms with Gasteiger partial charge in [-0.15, -0.1) is 0 Å². The number of fused-ring (bicyclic) bond motifs is 1. The number of rotatable bonds is 7. The molecule has 0 aliphatic heterocycles. The largest absolute Gasteiger partial charge is 0.449 e. The van der Waals surface area contributed by atoms with Gasteiger partial charge < -0.3 is 14.6 Å². The monoisotopic (exact) mass is 378 g/mol. The summed E-state index contributed by atoms with van der Waals surface area (Å²) in [6, 6.07) is 14.8. The van der Waals surface area contributed by atoms with Gasteiger partial charge in [-0.3, -0.25) is 9.59 Å². The minimum atomic E-state index is -0.253. The second-order valence-corrected chi connectivity index (χ2v) is 6.86.